The van der Waals surface area contributed by atoms with Gasteiger partial charge in [0.05, 0.1) is 28.0 Å². The summed E-state index contributed by atoms with van der Waals surface area (Å²) in [6.45, 7) is 20.2. The van der Waals surface area contributed by atoms with Crippen LogP contribution in [0.4, 0.5) is 21.5 Å². The van der Waals surface area contributed by atoms with Gasteiger partial charge in [0.25, 0.3) is 0 Å². The number of halogens is 1. The second-order valence-electron chi connectivity index (χ2n) is 21.7. The van der Waals surface area contributed by atoms with Gasteiger partial charge in [-0.1, -0.05) is 170 Å². The van der Waals surface area contributed by atoms with Crippen molar-refractivity contribution < 1.29 is 8.81 Å². The molecule has 10 aromatic rings. The summed E-state index contributed by atoms with van der Waals surface area (Å²) in [6, 6.07) is 56.9. The molecule has 12 rings (SSSR count). The quantitative estimate of drug-likeness (QED) is 0.114. The highest BCUT2D eigenvalue weighted by molar-refractivity contribution is 6.21. The molecule has 0 saturated heterocycles. The van der Waals surface area contributed by atoms with Gasteiger partial charge in [0.1, 0.15) is 17.0 Å². The first-order chi connectivity index (χ1) is 35.5. The van der Waals surface area contributed by atoms with Crippen LogP contribution >= 0.6 is 0 Å². The first-order valence-electron chi connectivity index (χ1n) is 26.4. The van der Waals surface area contributed by atoms with Crippen molar-refractivity contribution in [3.63, 3.8) is 0 Å². The van der Waals surface area contributed by atoms with E-state index in [0.29, 0.717) is 0 Å². The molecule has 3 nitrogen and oxygen atoms in total. The van der Waals surface area contributed by atoms with Crippen molar-refractivity contribution in [2.24, 2.45) is 5.92 Å². The van der Waals surface area contributed by atoms with Crippen molar-refractivity contribution in [3.8, 4) is 27.9 Å². The van der Waals surface area contributed by atoms with Crippen LogP contribution in [0.3, 0.4) is 0 Å². The summed E-state index contributed by atoms with van der Waals surface area (Å²) in [5.41, 5.74) is 21.5. The number of aryl methyl sites for hydroxylation is 1. The minimum absolute atomic E-state index is 0.0584. The lowest BCUT2D eigenvalue weighted by Gasteiger charge is -2.40. The highest BCUT2D eigenvalue weighted by Gasteiger charge is 2.52. The number of hydrogen-bond donors (Lipinski definition) is 0. The Morgan fingerprint density at radius 1 is 0.753 bits per heavy atom. The van der Waals surface area contributed by atoms with E-state index >= 15 is 4.39 Å². The number of benzene rings is 8. The number of allylic oxidation sites excluding steroid dienone is 1. The summed E-state index contributed by atoms with van der Waals surface area (Å²) in [5.74, 6) is -0.156. The molecule has 0 spiro atoms. The predicted octanol–water partition coefficient (Wildman–Crippen LogP) is 19.5. The monoisotopic (exact) mass is 954 g/mol. The van der Waals surface area contributed by atoms with E-state index in [1.807, 2.05) is 18.2 Å². The van der Waals surface area contributed by atoms with Crippen LogP contribution in [-0.2, 0) is 17.3 Å². The van der Waals surface area contributed by atoms with Crippen LogP contribution in [0.15, 0.2) is 175 Å². The molecular formula is C69H63FN2O. The van der Waals surface area contributed by atoms with E-state index in [1.54, 1.807) is 6.07 Å². The molecule has 2 atom stereocenters. The molecule has 2 aliphatic carbocycles. The Labute approximate surface area is 430 Å². The van der Waals surface area contributed by atoms with Crippen LogP contribution in [0.1, 0.15) is 117 Å². The average molecular weight is 955 g/mol. The first kappa shape index (κ1) is 46.4. The largest absolute Gasteiger partial charge is 0.455 e. The van der Waals surface area contributed by atoms with Gasteiger partial charge in [0.15, 0.2) is 0 Å². The number of aromatic nitrogens is 1. The second kappa shape index (κ2) is 17.8. The summed E-state index contributed by atoms with van der Waals surface area (Å²) in [5, 5.41) is 3.20. The van der Waals surface area contributed by atoms with E-state index < -0.39 is 5.41 Å². The molecule has 0 fully saturated rings. The Morgan fingerprint density at radius 3 is 2.30 bits per heavy atom. The van der Waals surface area contributed by atoms with Gasteiger partial charge in [0.2, 0.25) is 0 Å². The smallest absolute Gasteiger partial charge is 0.145 e. The summed E-state index contributed by atoms with van der Waals surface area (Å²) in [6.07, 6.45) is 11.5. The second-order valence-corrected chi connectivity index (χ2v) is 21.7. The fourth-order valence-electron chi connectivity index (χ4n) is 13.0. The standard InChI is InChI=1S/C69H63FN2O/c1-9-12-13-23-44(5)69(48-25-19-26-49(70)41-48)55-38-33-46-40-45-24-14-15-28-52(45)62(46)65(55)66-56(69)42-60(64-54-29-16-17-32-61(54)73-67(64)66)71(50-36-34-47(35-37-50)68(6,7)8)58-30-20-31-59-63(58)53(21-10-2)57(11-3)72(59)51-27-18-22-43(4)39-51/h10-11,14-22,24-39,41-42,44H,3,9,12-13,23,40H2,1-2,4-8H3/b21-10-. The van der Waals surface area contributed by atoms with Crippen LogP contribution in [0, 0.1) is 18.7 Å². The molecule has 0 N–H and O–H groups in total. The number of para-hydroxylation sites is 1. The van der Waals surface area contributed by atoms with Gasteiger partial charge < -0.3 is 13.9 Å². The summed E-state index contributed by atoms with van der Waals surface area (Å²) >= 11 is 0. The van der Waals surface area contributed by atoms with Gasteiger partial charge in [-0.3, -0.25) is 0 Å². The molecule has 73 heavy (non-hydrogen) atoms. The average Bonchev–Trinajstić information content (AvgIpc) is 4.14. The zero-order valence-corrected chi connectivity index (χ0v) is 43.2. The Balaban J connectivity index is 1.28. The third kappa shape index (κ3) is 7.12. The van der Waals surface area contributed by atoms with Crippen molar-refractivity contribution >= 4 is 62.1 Å². The third-order valence-corrected chi connectivity index (χ3v) is 16.3. The fourth-order valence-corrected chi connectivity index (χ4v) is 13.0. The molecule has 362 valence electrons. The molecule has 2 aliphatic rings. The van der Waals surface area contributed by atoms with Crippen LogP contribution < -0.4 is 4.90 Å². The molecule has 0 amide bonds. The maximum Gasteiger partial charge on any atom is 0.145 e. The lowest BCUT2D eigenvalue weighted by atomic mass is 9.63. The van der Waals surface area contributed by atoms with Crippen LogP contribution in [0.2, 0.25) is 0 Å². The minimum Gasteiger partial charge on any atom is -0.455 e. The van der Waals surface area contributed by atoms with E-state index in [0.717, 1.165) is 116 Å². The van der Waals surface area contributed by atoms with Gasteiger partial charge in [0, 0.05) is 38.7 Å². The Morgan fingerprint density at radius 2 is 1.53 bits per heavy atom. The molecule has 0 aliphatic heterocycles. The van der Waals surface area contributed by atoms with E-state index in [9.17, 15) is 0 Å². The van der Waals surface area contributed by atoms with Crippen molar-refractivity contribution in [1.29, 1.82) is 0 Å². The Kier molecular flexibility index (Phi) is 11.3. The van der Waals surface area contributed by atoms with Gasteiger partial charge in [-0.2, -0.15) is 0 Å². The Bertz CT molecular complexity index is 3860. The SMILES string of the molecule is C=Cc1c(/C=C\C)c2c(N(c3ccc(C(C)(C)C)cc3)c3cc4c(c5oc6ccccc6c35)-c3c(ccc5c3-c3ccccc3C5)C4(c3cccc(F)c3)C(C)CCCCC)cccc2n1-c1cccc(C)c1. The molecule has 0 bridgehead atoms. The fraction of sp³-hybridized carbons (Fsp3) is 0.217. The van der Waals surface area contributed by atoms with Crippen molar-refractivity contribution in [1.82, 2.24) is 4.57 Å². The molecule has 8 aromatic carbocycles. The van der Waals surface area contributed by atoms with Gasteiger partial charge >= 0.3 is 0 Å². The lowest BCUT2D eigenvalue weighted by molar-refractivity contribution is 0.369. The number of furan rings is 1. The van der Waals surface area contributed by atoms with E-state index in [2.05, 4.69) is 216 Å². The van der Waals surface area contributed by atoms with Crippen molar-refractivity contribution in [2.45, 2.75) is 91.4 Å². The van der Waals surface area contributed by atoms with Crippen molar-refractivity contribution in [2.75, 3.05) is 4.90 Å². The maximum atomic E-state index is 16.3. The molecular weight excluding hydrogens is 892 g/mol. The zero-order valence-electron chi connectivity index (χ0n) is 43.2. The van der Waals surface area contributed by atoms with Gasteiger partial charge in [-0.25, -0.2) is 4.39 Å². The molecule has 2 unspecified atom stereocenters. The number of hydrogen-bond acceptors (Lipinski definition) is 2. The number of fused-ring (bicyclic) bond motifs is 12. The molecule has 2 aromatic heterocycles. The first-order valence-corrected chi connectivity index (χ1v) is 26.4. The minimum atomic E-state index is -0.747. The molecule has 2 heterocycles. The van der Waals surface area contributed by atoms with Crippen LogP contribution in [-0.4, -0.2) is 4.57 Å². The number of rotatable bonds is 12. The highest BCUT2D eigenvalue weighted by atomic mass is 19.1. The van der Waals surface area contributed by atoms with E-state index in [1.165, 1.54) is 44.5 Å². The predicted molar refractivity (Wildman–Crippen MR) is 307 cm³/mol. The molecule has 0 saturated carbocycles. The van der Waals surface area contributed by atoms with Crippen LogP contribution in [0.5, 0.6) is 0 Å². The molecule has 0 radical (unpaired) electrons. The maximum absolute atomic E-state index is 16.3. The van der Waals surface area contributed by atoms with Crippen molar-refractivity contribution in [3.05, 3.63) is 226 Å². The third-order valence-electron chi connectivity index (χ3n) is 16.3. The van der Waals surface area contributed by atoms with Crippen LogP contribution in [0.25, 0.3) is 72.9 Å². The number of anilines is 3. The highest BCUT2D eigenvalue weighted by Crippen LogP contribution is 2.65. The van der Waals surface area contributed by atoms with Gasteiger partial charge in [-0.05, 0) is 160 Å². The number of unbranched alkanes of at least 4 members (excludes halogenated alkanes) is 2. The number of nitrogens with zero attached hydrogens (tertiary/aromatic N) is 2. The normalized spacial score (nSPS) is 15.3. The summed E-state index contributed by atoms with van der Waals surface area (Å²) < 4.78 is 26.2. The summed E-state index contributed by atoms with van der Waals surface area (Å²) in [7, 11) is 0. The Hall–Kier alpha value is -7.69. The zero-order chi connectivity index (χ0) is 50.3. The lowest BCUT2D eigenvalue weighted by Crippen LogP contribution is -2.35. The topological polar surface area (TPSA) is 21.3 Å². The van der Waals surface area contributed by atoms with E-state index in [-0.39, 0.29) is 17.2 Å². The summed E-state index contributed by atoms with van der Waals surface area (Å²) in [4.78, 5) is 2.50. The molecule has 4 heteroatoms. The van der Waals surface area contributed by atoms with E-state index in [4.69, 9.17) is 4.42 Å². The van der Waals surface area contributed by atoms with Gasteiger partial charge in [-0.15, -0.1) is 0 Å².